The van der Waals surface area contributed by atoms with Crippen LogP contribution in [0.1, 0.15) is 34.1 Å². The van der Waals surface area contributed by atoms with Crippen LogP contribution < -0.4 is 15.0 Å². The van der Waals surface area contributed by atoms with E-state index in [4.69, 9.17) is 16.3 Å². The summed E-state index contributed by atoms with van der Waals surface area (Å²) in [6.45, 7) is 10.3. The van der Waals surface area contributed by atoms with Crippen molar-refractivity contribution in [3.63, 3.8) is 0 Å². The summed E-state index contributed by atoms with van der Waals surface area (Å²) >= 11 is 6.07. The first kappa shape index (κ1) is 21.5. The van der Waals surface area contributed by atoms with Crippen LogP contribution in [0.25, 0.3) is 0 Å². The highest BCUT2D eigenvalue weighted by atomic mass is 35.5. The van der Waals surface area contributed by atoms with Gasteiger partial charge in [-0.05, 0) is 45.9 Å². The van der Waals surface area contributed by atoms with Gasteiger partial charge < -0.3 is 15.0 Å². The number of nitrogens with one attached hydrogen (secondary N) is 1. The van der Waals surface area contributed by atoms with E-state index in [1.807, 2.05) is 0 Å². The van der Waals surface area contributed by atoms with E-state index >= 15 is 0 Å². The second kappa shape index (κ2) is 9.42. The SMILES string of the molecule is COc1ccc(Cl)cc1N1CC(C(=O)NCCN(C(C)C)C(C)C)CC1=O. The van der Waals surface area contributed by atoms with Crippen molar-refractivity contribution >= 4 is 29.1 Å². The third kappa shape index (κ3) is 5.36. The van der Waals surface area contributed by atoms with Crippen molar-refractivity contribution in [1.82, 2.24) is 10.2 Å². The number of rotatable bonds is 8. The maximum absolute atomic E-state index is 12.5. The van der Waals surface area contributed by atoms with Gasteiger partial charge in [0.1, 0.15) is 5.75 Å². The average molecular weight is 396 g/mol. The quantitative estimate of drug-likeness (QED) is 0.735. The van der Waals surface area contributed by atoms with Crippen LogP contribution in [0.5, 0.6) is 5.75 Å². The lowest BCUT2D eigenvalue weighted by Gasteiger charge is -2.30. The lowest BCUT2D eigenvalue weighted by Crippen LogP contribution is -2.43. The molecule has 0 bridgehead atoms. The zero-order valence-corrected chi connectivity index (χ0v) is 17.5. The Bertz CT molecular complexity index is 670. The van der Waals surface area contributed by atoms with E-state index in [1.54, 1.807) is 30.2 Å². The standard InChI is InChI=1S/C20H30ClN3O3/c1-13(2)23(14(3)4)9-8-22-20(26)15-10-19(25)24(12-15)17-11-16(21)6-7-18(17)27-5/h6-7,11,13-15H,8-10,12H2,1-5H3,(H,22,26). The lowest BCUT2D eigenvalue weighted by molar-refractivity contribution is -0.126. The molecule has 2 rings (SSSR count). The molecule has 6 nitrogen and oxygen atoms in total. The smallest absolute Gasteiger partial charge is 0.227 e. The summed E-state index contributed by atoms with van der Waals surface area (Å²) in [6, 6.07) is 5.97. The summed E-state index contributed by atoms with van der Waals surface area (Å²) in [5.74, 6) is 0.0204. The van der Waals surface area contributed by atoms with Crippen LogP contribution in [-0.2, 0) is 9.59 Å². The number of hydrogen-bond acceptors (Lipinski definition) is 4. The first-order valence-electron chi connectivity index (χ1n) is 9.42. The molecule has 0 aliphatic carbocycles. The number of carbonyl (C=O) groups is 2. The molecule has 1 heterocycles. The molecule has 1 fully saturated rings. The number of nitrogens with zero attached hydrogens (tertiary/aromatic N) is 2. The van der Waals surface area contributed by atoms with Gasteiger partial charge in [0.15, 0.2) is 0 Å². The molecular weight excluding hydrogens is 366 g/mol. The maximum Gasteiger partial charge on any atom is 0.227 e. The molecule has 1 unspecified atom stereocenters. The van der Waals surface area contributed by atoms with Gasteiger partial charge in [-0.25, -0.2) is 0 Å². The van der Waals surface area contributed by atoms with Crippen LogP contribution in [-0.4, -0.2) is 55.5 Å². The largest absolute Gasteiger partial charge is 0.495 e. The van der Waals surface area contributed by atoms with Crippen molar-refractivity contribution in [1.29, 1.82) is 0 Å². The fraction of sp³-hybridized carbons (Fsp3) is 0.600. The molecule has 1 atom stereocenters. The molecule has 0 saturated carbocycles. The Labute approximate surface area is 166 Å². The Balaban J connectivity index is 1.97. The van der Waals surface area contributed by atoms with Crippen molar-refractivity contribution in [2.24, 2.45) is 5.92 Å². The van der Waals surface area contributed by atoms with E-state index in [-0.39, 0.29) is 24.2 Å². The van der Waals surface area contributed by atoms with Crippen LogP contribution in [0.4, 0.5) is 5.69 Å². The molecule has 27 heavy (non-hydrogen) atoms. The molecule has 0 radical (unpaired) electrons. The molecule has 1 aliphatic heterocycles. The average Bonchev–Trinajstić information content (AvgIpc) is 2.99. The van der Waals surface area contributed by atoms with Crippen LogP contribution in [0.15, 0.2) is 18.2 Å². The van der Waals surface area contributed by atoms with Gasteiger partial charge in [-0.1, -0.05) is 11.6 Å². The predicted molar refractivity (Wildman–Crippen MR) is 108 cm³/mol. The molecule has 1 aromatic carbocycles. The molecular formula is C20H30ClN3O3. The first-order chi connectivity index (χ1) is 12.7. The molecule has 0 aromatic heterocycles. The Morgan fingerprint density at radius 1 is 1.33 bits per heavy atom. The normalized spacial score (nSPS) is 17.3. The van der Waals surface area contributed by atoms with Gasteiger partial charge in [0, 0.05) is 43.2 Å². The van der Waals surface area contributed by atoms with Gasteiger partial charge in [-0.2, -0.15) is 0 Å². The predicted octanol–water partition coefficient (Wildman–Crippen LogP) is 2.94. The van der Waals surface area contributed by atoms with Gasteiger partial charge >= 0.3 is 0 Å². The van der Waals surface area contributed by atoms with E-state index in [1.165, 1.54) is 0 Å². The van der Waals surface area contributed by atoms with Crippen LogP contribution in [0.3, 0.4) is 0 Å². The van der Waals surface area contributed by atoms with Crippen molar-refractivity contribution in [2.75, 3.05) is 31.6 Å². The summed E-state index contributed by atoms with van der Waals surface area (Å²) in [4.78, 5) is 28.9. The maximum atomic E-state index is 12.5. The Morgan fingerprint density at radius 2 is 2.00 bits per heavy atom. The van der Waals surface area contributed by atoms with Gasteiger partial charge in [0.05, 0.1) is 18.7 Å². The van der Waals surface area contributed by atoms with Crippen LogP contribution >= 0.6 is 11.6 Å². The van der Waals surface area contributed by atoms with Gasteiger partial charge in [-0.3, -0.25) is 14.5 Å². The van der Waals surface area contributed by atoms with Crippen molar-refractivity contribution in [3.05, 3.63) is 23.2 Å². The molecule has 7 heteroatoms. The monoisotopic (exact) mass is 395 g/mol. The van der Waals surface area contributed by atoms with E-state index in [2.05, 4.69) is 37.9 Å². The molecule has 0 spiro atoms. The van der Waals surface area contributed by atoms with Crippen LogP contribution in [0.2, 0.25) is 5.02 Å². The number of anilines is 1. The molecule has 2 amide bonds. The molecule has 1 saturated heterocycles. The summed E-state index contributed by atoms with van der Waals surface area (Å²) in [7, 11) is 1.55. The summed E-state index contributed by atoms with van der Waals surface area (Å²) < 4.78 is 5.33. The van der Waals surface area contributed by atoms with Gasteiger partial charge in [0.25, 0.3) is 0 Å². The van der Waals surface area contributed by atoms with Gasteiger partial charge in [-0.15, -0.1) is 0 Å². The minimum Gasteiger partial charge on any atom is -0.495 e. The van der Waals surface area contributed by atoms with Crippen molar-refractivity contribution in [2.45, 2.75) is 46.2 Å². The Morgan fingerprint density at radius 3 is 2.59 bits per heavy atom. The molecule has 1 N–H and O–H groups in total. The van der Waals surface area contributed by atoms with Gasteiger partial charge in [0.2, 0.25) is 11.8 Å². The number of amides is 2. The summed E-state index contributed by atoms with van der Waals surface area (Å²) in [5.41, 5.74) is 0.607. The van der Waals surface area contributed by atoms with E-state index < -0.39 is 0 Å². The van der Waals surface area contributed by atoms with Crippen molar-refractivity contribution in [3.8, 4) is 5.75 Å². The molecule has 1 aromatic rings. The number of methoxy groups -OCH3 is 1. The highest BCUT2D eigenvalue weighted by molar-refractivity contribution is 6.31. The third-order valence-corrected chi connectivity index (χ3v) is 5.16. The second-order valence-electron chi connectivity index (χ2n) is 7.44. The number of benzene rings is 1. The number of carbonyl (C=O) groups excluding carboxylic acids is 2. The third-order valence-electron chi connectivity index (χ3n) is 4.92. The highest BCUT2D eigenvalue weighted by Crippen LogP contribution is 2.35. The second-order valence-corrected chi connectivity index (χ2v) is 7.87. The fourth-order valence-corrected chi connectivity index (χ4v) is 3.72. The van der Waals surface area contributed by atoms with E-state index in [0.717, 1.165) is 6.54 Å². The number of ether oxygens (including phenoxy) is 1. The van der Waals surface area contributed by atoms with Crippen molar-refractivity contribution < 1.29 is 14.3 Å². The summed E-state index contributed by atoms with van der Waals surface area (Å²) in [5, 5.41) is 3.50. The minimum absolute atomic E-state index is 0.0840. The Kier molecular flexibility index (Phi) is 7.50. The topological polar surface area (TPSA) is 61.9 Å². The molecule has 1 aliphatic rings. The van der Waals surface area contributed by atoms with E-state index in [9.17, 15) is 9.59 Å². The number of halogens is 1. The first-order valence-corrected chi connectivity index (χ1v) is 9.79. The minimum atomic E-state index is -0.368. The van der Waals surface area contributed by atoms with Crippen LogP contribution in [0, 0.1) is 5.92 Å². The lowest BCUT2D eigenvalue weighted by atomic mass is 10.1. The number of hydrogen-bond donors (Lipinski definition) is 1. The molecule has 150 valence electrons. The summed E-state index contributed by atoms with van der Waals surface area (Å²) in [6.07, 6.45) is 0.194. The zero-order chi connectivity index (χ0) is 20.1. The highest BCUT2D eigenvalue weighted by Gasteiger charge is 2.36. The Hall–Kier alpha value is -1.79. The van der Waals surface area contributed by atoms with E-state index in [0.29, 0.717) is 41.6 Å². The fourth-order valence-electron chi connectivity index (χ4n) is 3.56. The zero-order valence-electron chi connectivity index (χ0n) is 16.8.